The molecule has 4 unspecified atom stereocenters. The highest BCUT2D eigenvalue weighted by Gasteiger charge is 2.37. The fraction of sp³-hybridized carbons (Fsp3) is 1.00. The summed E-state index contributed by atoms with van der Waals surface area (Å²) in [5.41, 5.74) is 0. The Morgan fingerprint density at radius 1 is 1.29 bits per heavy atom. The molecule has 0 bridgehead atoms. The molecular formula is C9H19NO4. The van der Waals surface area contributed by atoms with Crippen LogP contribution in [0.25, 0.3) is 0 Å². The Balaban J connectivity index is 2.39. The van der Waals surface area contributed by atoms with Crippen molar-refractivity contribution in [3.63, 3.8) is 0 Å². The number of hydrogen-bond donors (Lipinski definition) is 4. The fourth-order valence-corrected chi connectivity index (χ4v) is 1.34. The van der Waals surface area contributed by atoms with Crippen molar-refractivity contribution in [3.8, 4) is 0 Å². The van der Waals surface area contributed by atoms with Gasteiger partial charge in [0.25, 0.3) is 0 Å². The normalized spacial score (nSPS) is 39.0. The molecule has 4 atom stereocenters. The molecule has 1 heterocycles. The molecule has 5 nitrogen and oxygen atoms in total. The van der Waals surface area contributed by atoms with Gasteiger partial charge in [-0.25, -0.2) is 0 Å². The van der Waals surface area contributed by atoms with E-state index in [0.29, 0.717) is 12.5 Å². The summed E-state index contributed by atoms with van der Waals surface area (Å²) in [6.45, 7) is 4.82. The molecule has 1 aliphatic heterocycles. The number of hydrogen-bond acceptors (Lipinski definition) is 5. The van der Waals surface area contributed by atoms with Gasteiger partial charge in [-0.15, -0.1) is 0 Å². The first-order valence-electron chi connectivity index (χ1n) is 4.91. The largest absolute Gasteiger partial charge is 0.388 e. The maximum atomic E-state index is 9.52. The minimum absolute atomic E-state index is 0.0496. The predicted octanol–water partition coefficient (Wildman–Crippen LogP) is -1.33. The third kappa shape index (κ3) is 2.90. The van der Waals surface area contributed by atoms with Gasteiger partial charge in [0.15, 0.2) is 0 Å². The van der Waals surface area contributed by atoms with Crippen LogP contribution in [-0.4, -0.2) is 53.0 Å². The van der Waals surface area contributed by atoms with Crippen LogP contribution in [0.15, 0.2) is 0 Å². The third-order valence-corrected chi connectivity index (χ3v) is 2.23. The van der Waals surface area contributed by atoms with Crippen LogP contribution < -0.4 is 5.32 Å². The Hall–Kier alpha value is -0.200. The Morgan fingerprint density at radius 2 is 1.93 bits per heavy atom. The monoisotopic (exact) mass is 205 g/mol. The molecule has 1 aliphatic rings. The molecule has 0 spiro atoms. The van der Waals surface area contributed by atoms with Crippen LogP contribution in [0.2, 0.25) is 0 Å². The van der Waals surface area contributed by atoms with Crippen LogP contribution in [-0.2, 0) is 4.74 Å². The Bertz CT molecular complexity index is 176. The number of nitrogens with one attached hydrogen (secondary N) is 1. The minimum atomic E-state index is -1.13. The predicted molar refractivity (Wildman–Crippen MR) is 50.6 cm³/mol. The van der Waals surface area contributed by atoms with E-state index < -0.39 is 24.5 Å². The molecule has 1 fully saturated rings. The zero-order valence-electron chi connectivity index (χ0n) is 8.55. The molecule has 0 saturated carbocycles. The molecule has 0 aromatic carbocycles. The van der Waals surface area contributed by atoms with Gasteiger partial charge in [-0.1, -0.05) is 13.8 Å². The summed E-state index contributed by atoms with van der Waals surface area (Å²) in [4.78, 5) is 0. The summed E-state index contributed by atoms with van der Waals surface area (Å²) < 4.78 is 5.15. The first-order valence-corrected chi connectivity index (χ1v) is 4.91. The summed E-state index contributed by atoms with van der Waals surface area (Å²) in [6, 6.07) is 0. The average Bonchev–Trinajstić information content (AvgIpc) is 2.13. The molecule has 84 valence electrons. The number of aliphatic hydroxyl groups excluding tert-OH is 3. The molecule has 4 N–H and O–H groups in total. The lowest BCUT2D eigenvalue weighted by atomic mass is 10.0. The van der Waals surface area contributed by atoms with Gasteiger partial charge in [0.1, 0.15) is 24.5 Å². The zero-order chi connectivity index (χ0) is 10.7. The van der Waals surface area contributed by atoms with E-state index in [1.807, 2.05) is 13.8 Å². The summed E-state index contributed by atoms with van der Waals surface area (Å²) in [5, 5.41) is 31.0. The lowest BCUT2D eigenvalue weighted by molar-refractivity contribution is -0.195. The van der Waals surface area contributed by atoms with Crippen molar-refractivity contribution in [1.82, 2.24) is 5.32 Å². The smallest absolute Gasteiger partial charge is 0.137 e. The van der Waals surface area contributed by atoms with Gasteiger partial charge in [-0.2, -0.15) is 0 Å². The van der Waals surface area contributed by atoms with E-state index in [1.54, 1.807) is 0 Å². The Morgan fingerprint density at radius 3 is 2.50 bits per heavy atom. The van der Waals surface area contributed by atoms with E-state index in [-0.39, 0.29) is 6.61 Å². The van der Waals surface area contributed by atoms with Crippen LogP contribution in [0, 0.1) is 5.92 Å². The second-order valence-electron chi connectivity index (χ2n) is 4.10. The van der Waals surface area contributed by atoms with Gasteiger partial charge >= 0.3 is 0 Å². The van der Waals surface area contributed by atoms with E-state index in [9.17, 15) is 15.3 Å². The fourth-order valence-electron chi connectivity index (χ4n) is 1.34. The Kier molecular flexibility index (Phi) is 4.28. The molecule has 0 aromatic heterocycles. The molecule has 0 radical (unpaired) electrons. The molecule has 1 saturated heterocycles. The average molecular weight is 205 g/mol. The van der Waals surface area contributed by atoms with Crippen molar-refractivity contribution in [2.75, 3.05) is 13.2 Å². The van der Waals surface area contributed by atoms with Crippen molar-refractivity contribution in [2.45, 2.75) is 38.4 Å². The highest BCUT2D eigenvalue weighted by molar-refractivity contribution is 4.85. The van der Waals surface area contributed by atoms with Gasteiger partial charge in [-0.3, -0.25) is 5.32 Å². The minimum Gasteiger partial charge on any atom is -0.388 e. The van der Waals surface area contributed by atoms with E-state index in [0.717, 1.165) is 0 Å². The maximum absolute atomic E-state index is 9.52. The van der Waals surface area contributed by atoms with Crippen LogP contribution in [0.4, 0.5) is 0 Å². The summed E-state index contributed by atoms with van der Waals surface area (Å²) in [5.74, 6) is 0.440. The van der Waals surface area contributed by atoms with Gasteiger partial charge in [-0.05, 0) is 12.5 Å². The molecule has 1 rings (SSSR count). The lowest BCUT2D eigenvalue weighted by Crippen LogP contribution is -2.58. The second-order valence-corrected chi connectivity index (χ2v) is 4.10. The van der Waals surface area contributed by atoms with Crippen molar-refractivity contribution in [2.24, 2.45) is 5.92 Å². The van der Waals surface area contributed by atoms with E-state index >= 15 is 0 Å². The zero-order valence-corrected chi connectivity index (χ0v) is 8.55. The van der Waals surface area contributed by atoms with Crippen molar-refractivity contribution in [3.05, 3.63) is 0 Å². The second kappa shape index (κ2) is 5.04. The van der Waals surface area contributed by atoms with E-state index in [2.05, 4.69) is 5.32 Å². The molecule has 0 amide bonds. The maximum Gasteiger partial charge on any atom is 0.137 e. The van der Waals surface area contributed by atoms with Gasteiger partial charge < -0.3 is 20.1 Å². The van der Waals surface area contributed by atoms with Crippen LogP contribution in [0.1, 0.15) is 13.8 Å². The summed E-state index contributed by atoms with van der Waals surface area (Å²) in [7, 11) is 0. The first-order chi connectivity index (χ1) is 6.52. The molecule has 5 heteroatoms. The SMILES string of the molecule is CC(C)CNC1OCC(O)C(O)C1O. The molecule has 0 aliphatic carbocycles. The topological polar surface area (TPSA) is 82.0 Å². The quantitative estimate of drug-likeness (QED) is 0.459. The highest BCUT2D eigenvalue weighted by Crippen LogP contribution is 2.13. The number of ether oxygens (including phenoxy) is 1. The van der Waals surface area contributed by atoms with Gasteiger partial charge in [0.05, 0.1) is 6.61 Å². The van der Waals surface area contributed by atoms with Crippen LogP contribution in [0.5, 0.6) is 0 Å². The van der Waals surface area contributed by atoms with E-state index in [4.69, 9.17) is 4.74 Å². The van der Waals surface area contributed by atoms with Gasteiger partial charge in [0, 0.05) is 0 Å². The lowest BCUT2D eigenvalue weighted by Gasteiger charge is -2.35. The first kappa shape index (κ1) is 11.9. The Labute approximate surface area is 83.7 Å². The molecular weight excluding hydrogens is 186 g/mol. The van der Waals surface area contributed by atoms with Crippen molar-refractivity contribution >= 4 is 0 Å². The standard InChI is InChI=1S/C9H19NO4/c1-5(2)3-10-9-8(13)7(12)6(11)4-14-9/h5-13H,3-4H2,1-2H3. The third-order valence-electron chi connectivity index (χ3n) is 2.23. The van der Waals surface area contributed by atoms with Crippen molar-refractivity contribution < 1.29 is 20.1 Å². The summed E-state index contributed by atoms with van der Waals surface area (Å²) >= 11 is 0. The van der Waals surface area contributed by atoms with Crippen LogP contribution in [0.3, 0.4) is 0 Å². The molecule has 14 heavy (non-hydrogen) atoms. The summed E-state index contributed by atoms with van der Waals surface area (Å²) in [6.07, 6.45) is -3.79. The van der Waals surface area contributed by atoms with E-state index in [1.165, 1.54) is 0 Å². The number of rotatable bonds is 3. The van der Waals surface area contributed by atoms with Crippen molar-refractivity contribution in [1.29, 1.82) is 0 Å². The van der Waals surface area contributed by atoms with Crippen LogP contribution >= 0.6 is 0 Å². The van der Waals surface area contributed by atoms with Gasteiger partial charge in [0.2, 0.25) is 0 Å². The number of aliphatic hydroxyl groups is 3. The molecule has 0 aromatic rings. The highest BCUT2D eigenvalue weighted by atomic mass is 16.5.